The van der Waals surface area contributed by atoms with Crippen LogP contribution in [0.25, 0.3) is 0 Å². The number of aromatic hydroxyl groups is 1. The number of carbonyl (C=O) groups excluding carboxylic acids is 1. The zero-order valence-electron chi connectivity index (χ0n) is 15.7. The number of phenolic OH excluding ortho intramolecular Hbond substituents is 1. The first-order valence-corrected chi connectivity index (χ1v) is 11.9. The lowest BCUT2D eigenvalue weighted by atomic mass is 10.2. The van der Waals surface area contributed by atoms with Crippen molar-refractivity contribution in [1.29, 1.82) is 0 Å². The first kappa shape index (κ1) is 24.0. The molecule has 0 aromatic heterocycles. The number of hydrazone groups is 1. The smallest absolute Gasteiger partial charge is 0.298 e. The van der Waals surface area contributed by atoms with Gasteiger partial charge in [-0.1, -0.05) is 23.2 Å². The molecule has 2 aromatic rings. The second kappa shape index (κ2) is 8.38. The van der Waals surface area contributed by atoms with E-state index in [1.165, 1.54) is 6.92 Å². The molecule has 32 heavy (non-hydrogen) atoms. The lowest BCUT2D eigenvalue weighted by molar-refractivity contribution is -0.117. The predicted molar refractivity (Wildman–Crippen MR) is 113 cm³/mol. The Morgan fingerprint density at radius 3 is 2.28 bits per heavy atom. The summed E-state index contributed by atoms with van der Waals surface area (Å²) >= 11 is 11.8. The first-order valence-electron chi connectivity index (χ1n) is 8.27. The van der Waals surface area contributed by atoms with E-state index >= 15 is 0 Å². The maximum atomic E-state index is 12.8. The van der Waals surface area contributed by atoms with Gasteiger partial charge in [-0.15, -0.1) is 0 Å². The van der Waals surface area contributed by atoms with Gasteiger partial charge in [0.05, 0.1) is 21.3 Å². The minimum atomic E-state index is -4.81. The Morgan fingerprint density at radius 1 is 1.06 bits per heavy atom. The first-order chi connectivity index (χ1) is 14.7. The van der Waals surface area contributed by atoms with Crippen LogP contribution in [0.4, 0.5) is 11.4 Å². The quantitative estimate of drug-likeness (QED) is 0.394. The van der Waals surface area contributed by atoms with Gasteiger partial charge < -0.3 is 5.11 Å². The van der Waals surface area contributed by atoms with Crippen LogP contribution >= 0.6 is 23.2 Å². The molecule has 3 N–H and O–H groups in total. The summed E-state index contributed by atoms with van der Waals surface area (Å²) in [6, 6.07) is 3.67. The Hall–Kier alpha value is -2.62. The molecule has 1 amide bonds. The normalized spacial score (nSPS) is 17.3. The van der Waals surface area contributed by atoms with Gasteiger partial charge in [-0.25, -0.2) is 0 Å². The number of nitrogens with zero attached hydrogens (tertiary/aromatic N) is 4. The number of hydrogen-bond acceptors (Lipinski definition) is 9. The number of phenols is 1. The number of rotatable bonds is 5. The van der Waals surface area contributed by atoms with Crippen molar-refractivity contribution in [2.75, 3.05) is 5.01 Å². The highest BCUT2D eigenvalue weighted by molar-refractivity contribution is 7.86. The Morgan fingerprint density at radius 2 is 1.72 bits per heavy atom. The van der Waals surface area contributed by atoms with E-state index in [9.17, 15) is 31.3 Å². The largest absolute Gasteiger partial charge is 0.504 e. The molecule has 0 bridgehead atoms. The molecule has 170 valence electrons. The number of hydrogen-bond donors (Lipinski definition) is 3. The van der Waals surface area contributed by atoms with Crippen LogP contribution in [0.2, 0.25) is 10.0 Å². The van der Waals surface area contributed by atoms with Gasteiger partial charge in [-0.2, -0.15) is 37.2 Å². The maximum Gasteiger partial charge on any atom is 0.298 e. The van der Waals surface area contributed by atoms with Crippen molar-refractivity contribution in [3.63, 3.8) is 0 Å². The second-order valence-corrected chi connectivity index (χ2v) is 10.00. The molecular formula is C16H12Cl2N4O8S2. The average molecular weight is 523 g/mol. The third-order valence-electron chi connectivity index (χ3n) is 4.12. The fraction of sp³-hybridized carbons (Fsp3) is 0.125. The predicted octanol–water partition coefficient (Wildman–Crippen LogP) is 3.07. The molecule has 0 radical (unpaired) electrons. The highest BCUT2D eigenvalue weighted by atomic mass is 35.5. The fourth-order valence-corrected chi connectivity index (χ4v) is 4.37. The van der Waals surface area contributed by atoms with Crippen molar-refractivity contribution in [2.45, 2.75) is 22.8 Å². The summed E-state index contributed by atoms with van der Waals surface area (Å²) in [7, 11) is -9.33. The number of carbonyl (C=O) groups is 1. The second-order valence-electron chi connectivity index (χ2n) is 6.34. The third kappa shape index (κ3) is 4.74. The van der Waals surface area contributed by atoms with Crippen molar-refractivity contribution in [2.24, 2.45) is 15.3 Å². The Kier molecular flexibility index (Phi) is 6.29. The standard InChI is InChI=1S/C16H12Cl2N4O8S2/c1-7-14(20-19-11-4-8(17)5-13(15(11)23)32(28,29)30)16(24)22(21-7)12-3-2-9(6-10(12)18)31(25,26)27/h2-6,14,23H,1H3,(H,25,26,27)(H,28,29,30). The van der Waals surface area contributed by atoms with Crippen LogP contribution in [0.3, 0.4) is 0 Å². The Labute approximate surface area is 191 Å². The van der Waals surface area contributed by atoms with Gasteiger partial charge in [0.25, 0.3) is 26.1 Å². The molecule has 0 fully saturated rings. The minimum absolute atomic E-state index is 0.000351. The number of anilines is 1. The SMILES string of the molecule is CC1=NN(c2ccc(S(=O)(=O)O)cc2Cl)C(=O)C1N=Nc1cc(Cl)cc(S(=O)(=O)O)c1O. The van der Waals surface area contributed by atoms with Crippen LogP contribution < -0.4 is 5.01 Å². The topological polar surface area (TPSA) is 186 Å². The van der Waals surface area contributed by atoms with Gasteiger partial charge in [0.2, 0.25) is 0 Å². The molecule has 2 aromatic carbocycles. The van der Waals surface area contributed by atoms with E-state index in [1.54, 1.807) is 0 Å². The lowest BCUT2D eigenvalue weighted by Gasteiger charge is -2.14. The molecular weight excluding hydrogens is 511 g/mol. The summed E-state index contributed by atoms with van der Waals surface area (Å²) in [6.07, 6.45) is 0. The summed E-state index contributed by atoms with van der Waals surface area (Å²) < 4.78 is 63.4. The van der Waals surface area contributed by atoms with Gasteiger partial charge in [0, 0.05) is 5.02 Å². The number of azo groups is 1. The van der Waals surface area contributed by atoms with Gasteiger partial charge in [0.15, 0.2) is 11.8 Å². The molecule has 1 unspecified atom stereocenters. The molecule has 1 atom stereocenters. The molecule has 0 saturated carbocycles. The van der Waals surface area contributed by atoms with Crippen molar-refractivity contribution in [1.82, 2.24) is 0 Å². The lowest BCUT2D eigenvalue weighted by Crippen LogP contribution is -2.29. The van der Waals surface area contributed by atoms with Gasteiger partial charge >= 0.3 is 0 Å². The zero-order chi connectivity index (χ0) is 24.0. The summed E-state index contributed by atoms with van der Waals surface area (Å²) in [5, 5.41) is 22.0. The van der Waals surface area contributed by atoms with E-state index in [2.05, 4.69) is 15.3 Å². The highest BCUT2D eigenvalue weighted by Crippen LogP contribution is 2.37. The summed E-state index contributed by atoms with van der Waals surface area (Å²) in [5.74, 6) is -1.68. The van der Waals surface area contributed by atoms with Crippen LogP contribution in [-0.4, -0.2) is 48.7 Å². The monoisotopic (exact) mass is 522 g/mol. The molecule has 1 aliphatic heterocycles. The fourth-order valence-electron chi connectivity index (χ4n) is 2.63. The van der Waals surface area contributed by atoms with E-state index < -0.39 is 53.4 Å². The maximum absolute atomic E-state index is 12.8. The molecule has 1 heterocycles. The van der Waals surface area contributed by atoms with Crippen LogP contribution in [-0.2, 0) is 25.0 Å². The van der Waals surface area contributed by atoms with Crippen LogP contribution in [0.5, 0.6) is 5.75 Å². The minimum Gasteiger partial charge on any atom is -0.504 e. The van der Waals surface area contributed by atoms with Gasteiger partial charge in [-0.05, 0) is 37.3 Å². The molecule has 0 saturated heterocycles. The Balaban J connectivity index is 1.94. The summed E-state index contributed by atoms with van der Waals surface area (Å²) in [4.78, 5) is 11.4. The summed E-state index contributed by atoms with van der Waals surface area (Å²) in [6.45, 7) is 1.43. The van der Waals surface area contributed by atoms with Crippen molar-refractivity contribution in [3.05, 3.63) is 40.4 Å². The van der Waals surface area contributed by atoms with E-state index in [-0.39, 0.29) is 21.4 Å². The Bertz CT molecular complexity index is 1410. The van der Waals surface area contributed by atoms with E-state index in [4.69, 9.17) is 27.8 Å². The third-order valence-corrected chi connectivity index (χ3v) is 6.36. The van der Waals surface area contributed by atoms with Crippen molar-refractivity contribution in [3.8, 4) is 5.75 Å². The number of benzene rings is 2. The van der Waals surface area contributed by atoms with Gasteiger partial charge in [-0.3, -0.25) is 13.9 Å². The van der Waals surface area contributed by atoms with Gasteiger partial charge in [0.1, 0.15) is 10.6 Å². The number of halogens is 2. The molecule has 1 aliphatic rings. The van der Waals surface area contributed by atoms with Crippen molar-refractivity contribution >= 4 is 66.4 Å². The zero-order valence-corrected chi connectivity index (χ0v) is 18.9. The molecule has 3 rings (SSSR count). The average Bonchev–Trinajstić information content (AvgIpc) is 2.94. The molecule has 0 aliphatic carbocycles. The van der Waals surface area contributed by atoms with Crippen LogP contribution in [0.15, 0.2) is 55.5 Å². The van der Waals surface area contributed by atoms with E-state index in [0.29, 0.717) is 0 Å². The van der Waals surface area contributed by atoms with E-state index in [1.807, 2.05) is 0 Å². The molecule has 0 spiro atoms. The highest BCUT2D eigenvalue weighted by Gasteiger charge is 2.36. The number of amides is 1. The van der Waals surface area contributed by atoms with Crippen molar-refractivity contribution < 1.29 is 35.8 Å². The van der Waals surface area contributed by atoms with Crippen LogP contribution in [0, 0.1) is 0 Å². The molecule has 12 nitrogen and oxygen atoms in total. The molecule has 16 heteroatoms. The summed E-state index contributed by atoms with van der Waals surface area (Å²) in [5.41, 5.74) is -0.287. The van der Waals surface area contributed by atoms with E-state index in [0.717, 1.165) is 35.3 Å². The van der Waals surface area contributed by atoms with Crippen LogP contribution in [0.1, 0.15) is 6.92 Å².